The number of fused-ring (bicyclic) bond motifs is 1. The first-order valence-corrected chi connectivity index (χ1v) is 9.44. The monoisotopic (exact) mass is 405 g/mol. The number of benzene rings is 2. The normalized spacial score (nSPS) is 12.4. The lowest BCUT2D eigenvalue weighted by atomic mass is 10.2. The molecule has 0 atom stereocenters. The van der Waals surface area contributed by atoms with Gasteiger partial charge in [0.05, 0.1) is 5.69 Å². The lowest BCUT2D eigenvalue weighted by Gasteiger charge is -2.18. The summed E-state index contributed by atoms with van der Waals surface area (Å²) in [4.78, 5) is 0. The van der Waals surface area contributed by atoms with Gasteiger partial charge in [-0.2, -0.15) is 4.68 Å². The molecule has 0 bridgehead atoms. The highest BCUT2D eigenvalue weighted by Gasteiger charge is 2.11. The third kappa shape index (κ3) is 4.91. The van der Waals surface area contributed by atoms with E-state index in [1.807, 2.05) is 42.5 Å². The third-order valence-corrected chi connectivity index (χ3v) is 4.81. The van der Waals surface area contributed by atoms with Crippen LogP contribution in [0, 0.1) is 0 Å². The fourth-order valence-corrected chi connectivity index (χ4v) is 3.43. The maximum Gasteiger partial charge on any atom is 0.214 e. The van der Waals surface area contributed by atoms with Gasteiger partial charge in [0.25, 0.3) is 0 Å². The molecular weight excluding hydrogens is 386 g/mol. The second kappa shape index (κ2) is 9.59. The SMILES string of the molecule is Cl.c1ccc(-n2nnnc2SCCNCc2ccc3c(c2)OCCO3)cc1. The molecule has 3 aromatic rings. The zero-order valence-corrected chi connectivity index (χ0v) is 16.2. The maximum absolute atomic E-state index is 5.61. The van der Waals surface area contributed by atoms with Gasteiger partial charge in [0.15, 0.2) is 11.5 Å². The van der Waals surface area contributed by atoms with E-state index >= 15 is 0 Å². The Morgan fingerprint density at radius 2 is 1.85 bits per heavy atom. The van der Waals surface area contributed by atoms with E-state index in [0.717, 1.165) is 41.2 Å². The van der Waals surface area contributed by atoms with Crippen LogP contribution in [0.15, 0.2) is 53.7 Å². The zero-order chi connectivity index (χ0) is 17.6. The number of hydrogen-bond acceptors (Lipinski definition) is 7. The lowest BCUT2D eigenvalue weighted by molar-refractivity contribution is 0.171. The molecule has 0 saturated heterocycles. The third-order valence-electron chi connectivity index (χ3n) is 3.89. The van der Waals surface area contributed by atoms with Crippen LogP contribution in [-0.4, -0.2) is 45.7 Å². The van der Waals surface area contributed by atoms with Crippen LogP contribution in [-0.2, 0) is 6.54 Å². The van der Waals surface area contributed by atoms with Gasteiger partial charge in [-0.3, -0.25) is 0 Å². The molecule has 1 aliphatic heterocycles. The summed E-state index contributed by atoms with van der Waals surface area (Å²) >= 11 is 1.63. The summed E-state index contributed by atoms with van der Waals surface area (Å²) < 4.78 is 12.9. The summed E-state index contributed by atoms with van der Waals surface area (Å²) in [5, 5.41) is 16.2. The molecule has 0 amide bonds. The minimum atomic E-state index is 0. The summed E-state index contributed by atoms with van der Waals surface area (Å²) in [7, 11) is 0. The van der Waals surface area contributed by atoms with Crippen molar-refractivity contribution in [1.29, 1.82) is 0 Å². The largest absolute Gasteiger partial charge is 0.486 e. The van der Waals surface area contributed by atoms with Crippen molar-refractivity contribution in [2.75, 3.05) is 25.5 Å². The first-order chi connectivity index (χ1) is 12.9. The Bertz CT molecular complexity index is 862. The van der Waals surface area contributed by atoms with Crippen molar-refractivity contribution in [2.45, 2.75) is 11.7 Å². The summed E-state index contributed by atoms with van der Waals surface area (Å²) in [6.45, 7) is 2.85. The van der Waals surface area contributed by atoms with Crippen LogP contribution in [0.3, 0.4) is 0 Å². The Kier molecular flexibility index (Phi) is 6.92. The quantitative estimate of drug-likeness (QED) is 0.478. The summed E-state index contributed by atoms with van der Waals surface area (Å²) in [5.74, 6) is 2.52. The summed E-state index contributed by atoms with van der Waals surface area (Å²) in [6, 6.07) is 16.0. The molecule has 2 aromatic carbocycles. The Hall–Kier alpha value is -2.29. The van der Waals surface area contributed by atoms with Gasteiger partial charge in [0.2, 0.25) is 5.16 Å². The van der Waals surface area contributed by atoms with Crippen LogP contribution in [0.4, 0.5) is 0 Å². The standard InChI is InChI=1S/C18H19N5O2S.ClH/c1-2-4-15(5-3-1)23-18(20-21-22-23)26-11-8-19-13-14-6-7-16-17(12-14)25-10-9-24-16;/h1-7,12,19H,8-11,13H2;1H. The first kappa shape index (κ1) is 19.5. The van der Waals surface area contributed by atoms with E-state index < -0.39 is 0 Å². The van der Waals surface area contributed by atoms with Gasteiger partial charge in [0.1, 0.15) is 13.2 Å². The molecule has 0 radical (unpaired) electrons. The molecule has 7 nitrogen and oxygen atoms in total. The molecule has 1 aliphatic rings. The van der Waals surface area contributed by atoms with Crippen molar-refractivity contribution in [1.82, 2.24) is 25.5 Å². The minimum Gasteiger partial charge on any atom is -0.486 e. The number of ether oxygens (including phenoxy) is 2. The van der Waals surface area contributed by atoms with Crippen molar-refractivity contribution in [3.8, 4) is 17.2 Å². The van der Waals surface area contributed by atoms with E-state index in [4.69, 9.17) is 9.47 Å². The molecule has 0 fully saturated rings. The lowest BCUT2D eigenvalue weighted by Crippen LogP contribution is -2.18. The Labute approximate surface area is 167 Å². The van der Waals surface area contributed by atoms with E-state index in [-0.39, 0.29) is 12.4 Å². The van der Waals surface area contributed by atoms with Crippen molar-refractivity contribution in [3.05, 3.63) is 54.1 Å². The number of halogens is 1. The van der Waals surface area contributed by atoms with E-state index in [1.165, 1.54) is 5.56 Å². The van der Waals surface area contributed by atoms with Crippen molar-refractivity contribution in [3.63, 3.8) is 0 Å². The molecule has 2 heterocycles. The van der Waals surface area contributed by atoms with Crippen LogP contribution in [0.2, 0.25) is 0 Å². The number of thioether (sulfide) groups is 1. The summed E-state index contributed by atoms with van der Waals surface area (Å²) in [6.07, 6.45) is 0. The number of para-hydroxylation sites is 1. The van der Waals surface area contributed by atoms with Gasteiger partial charge in [-0.05, 0) is 40.3 Å². The predicted octanol–water partition coefficient (Wildman–Crippen LogP) is 2.74. The second-order valence-electron chi connectivity index (χ2n) is 5.71. The molecular formula is C18H20ClN5O2S. The molecule has 0 saturated carbocycles. The van der Waals surface area contributed by atoms with E-state index in [1.54, 1.807) is 16.4 Å². The van der Waals surface area contributed by atoms with Crippen molar-refractivity contribution in [2.24, 2.45) is 0 Å². The molecule has 4 rings (SSSR count). The summed E-state index contributed by atoms with van der Waals surface area (Å²) in [5.41, 5.74) is 2.14. The topological polar surface area (TPSA) is 74.1 Å². The van der Waals surface area contributed by atoms with Crippen molar-refractivity contribution < 1.29 is 9.47 Å². The number of hydrogen-bond donors (Lipinski definition) is 1. The van der Waals surface area contributed by atoms with E-state index in [2.05, 4.69) is 26.9 Å². The zero-order valence-electron chi connectivity index (χ0n) is 14.6. The molecule has 27 heavy (non-hydrogen) atoms. The van der Waals surface area contributed by atoms with E-state index in [9.17, 15) is 0 Å². The average molecular weight is 406 g/mol. The van der Waals surface area contributed by atoms with E-state index in [0.29, 0.717) is 13.2 Å². The van der Waals surface area contributed by atoms with Gasteiger partial charge in [0, 0.05) is 18.8 Å². The van der Waals surface area contributed by atoms with Gasteiger partial charge < -0.3 is 14.8 Å². The molecule has 0 unspecified atom stereocenters. The highest BCUT2D eigenvalue weighted by atomic mass is 35.5. The second-order valence-corrected chi connectivity index (χ2v) is 6.77. The number of rotatable bonds is 7. The molecule has 1 N–H and O–H groups in total. The van der Waals surface area contributed by atoms with Crippen LogP contribution in [0.25, 0.3) is 5.69 Å². The van der Waals surface area contributed by atoms with Gasteiger partial charge in [-0.15, -0.1) is 17.5 Å². The molecule has 0 spiro atoms. The van der Waals surface area contributed by atoms with Gasteiger partial charge in [-0.25, -0.2) is 0 Å². The van der Waals surface area contributed by atoms with Crippen LogP contribution < -0.4 is 14.8 Å². The molecule has 0 aliphatic carbocycles. The molecule has 142 valence electrons. The Morgan fingerprint density at radius 3 is 2.70 bits per heavy atom. The minimum absolute atomic E-state index is 0. The average Bonchev–Trinajstić information content (AvgIpc) is 3.17. The molecule has 1 aromatic heterocycles. The molecule has 9 heteroatoms. The highest BCUT2D eigenvalue weighted by molar-refractivity contribution is 7.99. The van der Waals surface area contributed by atoms with Crippen LogP contribution in [0.1, 0.15) is 5.56 Å². The number of nitrogens with one attached hydrogen (secondary N) is 1. The predicted molar refractivity (Wildman–Crippen MR) is 106 cm³/mol. The number of aromatic nitrogens is 4. The first-order valence-electron chi connectivity index (χ1n) is 8.46. The van der Waals surface area contributed by atoms with Gasteiger partial charge >= 0.3 is 0 Å². The number of nitrogens with zero attached hydrogens (tertiary/aromatic N) is 4. The van der Waals surface area contributed by atoms with Gasteiger partial charge in [-0.1, -0.05) is 36.0 Å². The van der Waals surface area contributed by atoms with Crippen molar-refractivity contribution >= 4 is 24.2 Å². The highest BCUT2D eigenvalue weighted by Crippen LogP contribution is 2.30. The fourth-order valence-electron chi connectivity index (χ4n) is 2.65. The Balaban J connectivity index is 0.00000210. The number of tetrazole rings is 1. The Morgan fingerprint density at radius 1 is 1.04 bits per heavy atom. The maximum atomic E-state index is 5.61. The van der Waals surface area contributed by atoms with Crippen LogP contribution in [0.5, 0.6) is 11.5 Å². The van der Waals surface area contributed by atoms with Crippen LogP contribution >= 0.6 is 24.2 Å². The fraction of sp³-hybridized carbons (Fsp3) is 0.278. The smallest absolute Gasteiger partial charge is 0.214 e.